The first-order valence-electron chi connectivity index (χ1n) is 6.95. The van der Waals surface area contributed by atoms with E-state index in [1.54, 1.807) is 4.90 Å². The van der Waals surface area contributed by atoms with Crippen molar-refractivity contribution in [2.75, 3.05) is 20.2 Å². The predicted octanol–water partition coefficient (Wildman–Crippen LogP) is 1.55. The molecular weight excluding hydrogens is 244 g/mol. The lowest BCUT2D eigenvalue weighted by Crippen LogP contribution is -2.55. The Bertz CT molecular complexity index is 299. The summed E-state index contributed by atoms with van der Waals surface area (Å²) in [5, 5.41) is 0. The molecule has 0 spiro atoms. The van der Waals surface area contributed by atoms with Crippen molar-refractivity contribution in [3.05, 3.63) is 0 Å². The molecule has 5 nitrogen and oxygen atoms in total. The minimum Gasteiger partial charge on any atom is -0.469 e. The SMILES string of the molecule is CCC(N)(CC)C(=O)N(CCC(=O)OC)CC(C)C. The minimum atomic E-state index is -0.828. The molecule has 0 aliphatic carbocycles. The van der Waals surface area contributed by atoms with E-state index in [1.165, 1.54) is 7.11 Å². The average Bonchev–Trinajstić information content (AvgIpc) is 2.40. The fourth-order valence-corrected chi connectivity index (χ4v) is 1.91. The largest absolute Gasteiger partial charge is 0.469 e. The summed E-state index contributed by atoms with van der Waals surface area (Å²) in [4.78, 5) is 25.4. The number of methoxy groups -OCH3 is 1. The lowest BCUT2D eigenvalue weighted by molar-refractivity contribution is -0.143. The molecule has 2 N–H and O–H groups in total. The molecule has 5 heteroatoms. The molecule has 0 rings (SSSR count). The maximum Gasteiger partial charge on any atom is 0.307 e. The molecule has 0 fully saturated rings. The molecule has 1 amide bonds. The van der Waals surface area contributed by atoms with Gasteiger partial charge in [0.25, 0.3) is 0 Å². The molecule has 0 atom stereocenters. The lowest BCUT2D eigenvalue weighted by Gasteiger charge is -2.34. The molecular formula is C14H28N2O3. The van der Waals surface area contributed by atoms with E-state index < -0.39 is 5.54 Å². The van der Waals surface area contributed by atoms with Crippen LogP contribution in [0.25, 0.3) is 0 Å². The molecule has 0 aromatic carbocycles. The molecule has 0 saturated carbocycles. The van der Waals surface area contributed by atoms with Crippen LogP contribution in [0.15, 0.2) is 0 Å². The van der Waals surface area contributed by atoms with Gasteiger partial charge in [-0.15, -0.1) is 0 Å². The second-order valence-corrected chi connectivity index (χ2v) is 5.33. The van der Waals surface area contributed by atoms with Crippen LogP contribution >= 0.6 is 0 Å². The van der Waals surface area contributed by atoms with Gasteiger partial charge in [0, 0.05) is 13.1 Å². The normalized spacial score (nSPS) is 11.5. The number of hydrogen-bond donors (Lipinski definition) is 1. The summed E-state index contributed by atoms with van der Waals surface area (Å²) in [7, 11) is 1.35. The zero-order valence-electron chi connectivity index (χ0n) is 12.9. The third kappa shape index (κ3) is 5.59. The minimum absolute atomic E-state index is 0.0740. The first-order valence-corrected chi connectivity index (χ1v) is 6.95. The summed E-state index contributed by atoms with van der Waals surface area (Å²) in [5.74, 6) is -0.0492. The second kappa shape index (κ2) is 8.15. The van der Waals surface area contributed by atoms with Gasteiger partial charge in [0.2, 0.25) is 5.91 Å². The monoisotopic (exact) mass is 272 g/mol. The summed E-state index contributed by atoms with van der Waals surface area (Å²) in [6, 6.07) is 0. The van der Waals surface area contributed by atoms with Crippen LogP contribution in [0.5, 0.6) is 0 Å². The van der Waals surface area contributed by atoms with Crippen molar-refractivity contribution in [2.45, 2.75) is 52.5 Å². The average molecular weight is 272 g/mol. The van der Waals surface area contributed by atoms with Crippen molar-refractivity contribution in [1.29, 1.82) is 0 Å². The maximum atomic E-state index is 12.5. The van der Waals surface area contributed by atoms with E-state index in [0.717, 1.165) is 0 Å². The van der Waals surface area contributed by atoms with Gasteiger partial charge >= 0.3 is 5.97 Å². The molecule has 0 aromatic rings. The standard InChI is InChI=1S/C14H28N2O3/c1-6-14(15,7-2)13(18)16(10-11(3)4)9-8-12(17)19-5/h11H,6-10,15H2,1-5H3. The molecule has 0 heterocycles. The molecule has 0 aromatic heterocycles. The van der Waals surface area contributed by atoms with Crippen molar-refractivity contribution in [1.82, 2.24) is 4.90 Å². The van der Waals surface area contributed by atoms with E-state index in [4.69, 9.17) is 5.73 Å². The van der Waals surface area contributed by atoms with Gasteiger partial charge < -0.3 is 15.4 Å². The Hall–Kier alpha value is -1.10. The summed E-state index contributed by atoms with van der Waals surface area (Å²) >= 11 is 0. The number of carbonyl (C=O) groups is 2. The van der Waals surface area contributed by atoms with E-state index in [-0.39, 0.29) is 18.3 Å². The van der Waals surface area contributed by atoms with Crippen molar-refractivity contribution in [3.63, 3.8) is 0 Å². The molecule has 0 bridgehead atoms. The van der Waals surface area contributed by atoms with Gasteiger partial charge in [-0.1, -0.05) is 27.7 Å². The number of carbonyl (C=O) groups excluding carboxylic acids is 2. The number of hydrogen-bond acceptors (Lipinski definition) is 4. The first-order chi connectivity index (χ1) is 8.80. The van der Waals surface area contributed by atoms with Gasteiger partial charge in [-0.3, -0.25) is 9.59 Å². The van der Waals surface area contributed by atoms with Gasteiger partial charge in [-0.25, -0.2) is 0 Å². The van der Waals surface area contributed by atoms with Crippen LogP contribution < -0.4 is 5.73 Å². The van der Waals surface area contributed by atoms with E-state index >= 15 is 0 Å². The Morgan fingerprint density at radius 1 is 1.26 bits per heavy atom. The molecule has 0 saturated heterocycles. The highest BCUT2D eigenvalue weighted by Crippen LogP contribution is 2.16. The number of esters is 1. The van der Waals surface area contributed by atoms with E-state index in [2.05, 4.69) is 4.74 Å². The molecule has 19 heavy (non-hydrogen) atoms. The number of ether oxygens (including phenoxy) is 1. The van der Waals surface area contributed by atoms with E-state index in [0.29, 0.717) is 31.8 Å². The predicted molar refractivity (Wildman–Crippen MR) is 75.6 cm³/mol. The highest BCUT2D eigenvalue weighted by Gasteiger charge is 2.34. The van der Waals surface area contributed by atoms with Crippen LogP contribution in [0, 0.1) is 5.92 Å². The highest BCUT2D eigenvalue weighted by molar-refractivity contribution is 5.86. The molecule has 0 aliphatic heterocycles. The van der Waals surface area contributed by atoms with Crippen molar-refractivity contribution in [2.24, 2.45) is 11.7 Å². The fraction of sp³-hybridized carbons (Fsp3) is 0.857. The van der Waals surface area contributed by atoms with Crippen LogP contribution in [0.2, 0.25) is 0 Å². The summed E-state index contributed by atoms with van der Waals surface area (Å²) in [6.07, 6.45) is 1.39. The smallest absolute Gasteiger partial charge is 0.307 e. The van der Waals surface area contributed by atoms with Gasteiger partial charge in [-0.2, -0.15) is 0 Å². The van der Waals surface area contributed by atoms with Crippen LogP contribution in [-0.2, 0) is 14.3 Å². The van der Waals surface area contributed by atoms with Crippen LogP contribution in [-0.4, -0.2) is 42.5 Å². The topological polar surface area (TPSA) is 72.6 Å². The third-order valence-corrected chi connectivity index (χ3v) is 3.37. The fourth-order valence-electron chi connectivity index (χ4n) is 1.91. The number of nitrogens with two attached hydrogens (primary N) is 1. The molecule has 0 aliphatic rings. The Labute approximate surface area is 116 Å². The maximum absolute atomic E-state index is 12.5. The van der Waals surface area contributed by atoms with Crippen molar-refractivity contribution in [3.8, 4) is 0 Å². The number of rotatable bonds is 8. The number of nitrogens with zero attached hydrogens (tertiary/aromatic N) is 1. The molecule has 0 unspecified atom stereocenters. The van der Waals surface area contributed by atoms with Crippen molar-refractivity contribution < 1.29 is 14.3 Å². The van der Waals surface area contributed by atoms with Gasteiger partial charge in [0.1, 0.15) is 0 Å². The second-order valence-electron chi connectivity index (χ2n) is 5.33. The Morgan fingerprint density at radius 3 is 2.16 bits per heavy atom. The van der Waals surface area contributed by atoms with Crippen LogP contribution in [0.4, 0.5) is 0 Å². The molecule has 112 valence electrons. The lowest BCUT2D eigenvalue weighted by atomic mass is 9.92. The van der Waals surface area contributed by atoms with Gasteiger partial charge in [-0.05, 0) is 18.8 Å². The summed E-state index contributed by atoms with van der Waals surface area (Å²) in [6.45, 7) is 8.87. The van der Waals surface area contributed by atoms with Gasteiger partial charge in [0.15, 0.2) is 0 Å². The first kappa shape index (κ1) is 17.9. The number of amides is 1. The highest BCUT2D eigenvalue weighted by atomic mass is 16.5. The zero-order chi connectivity index (χ0) is 15.1. The van der Waals surface area contributed by atoms with E-state index in [1.807, 2.05) is 27.7 Å². The summed E-state index contributed by atoms with van der Waals surface area (Å²) in [5.41, 5.74) is 5.32. The van der Waals surface area contributed by atoms with Crippen LogP contribution in [0.1, 0.15) is 47.0 Å². The van der Waals surface area contributed by atoms with Crippen LogP contribution in [0.3, 0.4) is 0 Å². The Kier molecular flexibility index (Phi) is 7.68. The van der Waals surface area contributed by atoms with Gasteiger partial charge in [0.05, 0.1) is 19.1 Å². The quantitative estimate of drug-likeness (QED) is 0.680. The van der Waals surface area contributed by atoms with Crippen molar-refractivity contribution >= 4 is 11.9 Å². The Morgan fingerprint density at radius 2 is 1.79 bits per heavy atom. The third-order valence-electron chi connectivity index (χ3n) is 3.37. The summed E-state index contributed by atoms with van der Waals surface area (Å²) < 4.78 is 4.62. The molecule has 0 radical (unpaired) electrons. The van der Waals surface area contributed by atoms with E-state index in [9.17, 15) is 9.59 Å². The Balaban J connectivity index is 4.82. The zero-order valence-corrected chi connectivity index (χ0v) is 12.9.